The lowest BCUT2D eigenvalue weighted by Gasteiger charge is -2.32. The number of benzene rings is 1. The fraction of sp³-hybridized carbons (Fsp3) is 0.476. The minimum atomic E-state index is 0. The van der Waals surface area contributed by atoms with Crippen LogP contribution in [0.3, 0.4) is 0 Å². The van der Waals surface area contributed by atoms with E-state index in [0.29, 0.717) is 19.3 Å². The normalized spacial score (nSPS) is 15.8. The van der Waals surface area contributed by atoms with Crippen molar-refractivity contribution >= 4 is 41.3 Å². The fourth-order valence-corrected chi connectivity index (χ4v) is 3.93. The molecule has 7 heteroatoms. The van der Waals surface area contributed by atoms with Crippen LogP contribution in [-0.4, -0.2) is 50.2 Å². The van der Waals surface area contributed by atoms with Crippen LogP contribution < -0.4 is 10.6 Å². The smallest absolute Gasteiger partial charge is 0.191 e. The molecule has 3 rings (SSSR count). The van der Waals surface area contributed by atoms with Crippen molar-refractivity contribution in [3.63, 3.8) is 0 Å². The van der Waals surface area contributed by atoms with Gasteiger partial charge in [-0.2, -0.15) is 11.3 Å². The molecule has 2 heterocycles. The van der Waals surface area contributed by atoms with Crippen LogP contribution in [0.2, 0.25) is 0 Å². The van der Waals surface area contributed by atoms with Crippen LogP contribution in [0.25, 0.3) is 0 Å². The zero-order valence-corrected chi connectivity index (χ0v) is 19.6. The minimum Gasteiger partial charge on any atom is -0.375 e. The van der Waals surface area contributed by atoms with Gasteiger partial charge < -0.3 is 15.4 Å². The second kappa shape index (κ2) is 13.1. The van der Waals surface area contributed by atoms with E-state index < -0.39 is 0 Å². The van der Waals surface area contributed by atoms with Gasteiger partial charge in [-0.15, -0.1) is 24.0 Å². The van der Waals surface area contributed by atoms with E-state index >= 15 is 0 Å². The summed E-state index contributed by atoms with van der Waals surface area (Å²) in [5.41, 5.74) is 2.63. The lowest BCUT2D eigenvalue weighted by Crippen LogP contribution is -2.49. The molecule has 1 fully saturated rings. The van der Waals surface area contributed by atoms with E-state index in [2.05, 4.69) is 49.5 Å². The first kappa shape index (κ1) is 23.1. The molecule has 1 saturated heterocycles. The molecule has 5 nitrogen and oxygen atoms in total. The van der Waals surface area contributed by atoms with Crippen molar-refractivity contribution in [2.75, 3.05) is 33.3 Å². The first-order valence-corrected chi connectivity index (χ1v) is 10.6. The number of hydrogen-bond donors (Lipinski definition) is 2. The molecule has 2 aromatic rings. The van der Waals surface area contributed by atoms with E-state index in [-0.39, 0.29) is 24.0 Å². The van der Waals surface area contributed by atoms with Gasteiger partial charge in [-0.1, -0.05) is 30.3 Å². The Morgan fingerprint density at radius 1 is 1.18 bits per heavy atom. The Morgan fingerprint density at radius 3 is 2.64 bits per heavy atom. The van der Waals surface area contributed by atoms with E-state index in [1.54, 1.807) is 11.3 Å². The number of aliphatic imine (C=N–C) groups is 1. The Hall–Kier alpha value is -1.16. The number of halogens is 1. The van der Waals surface area contributed by atoms with Crippen LogP contribution in [0.5, 0.6) is 0 Å². The van der Waals surface area contributed by atoms with Gasteiger partial charge in [0.1, 0.15) is 0 Å². The highest BCUT2D eigenvalue weighted by atomic mass is 127. The highest BCUT2D eigenvalue weighted by Gasteiger charge is 2.20. The van der Waals surface area contributed by atoms with Gasteiger partial charge in [0.15, 0.2) is 5.96 Å². The van der Waals surface area contributed by atoms with Crippen molar-refractivity contribution in [2.24, 2.45) is 4.99 Å². The summed E-state index contributed by atoms with van der Waals surface area (Å²) in [4.78, 5) is 6.88. The molecule has 1 aliphatic rings. The number of ether oxygens (including phenoxy) is 1. The lowest BCUT2D eigenvalue weighted by molar-refractivity contribution is 0.125. The average Bonchev–Trinajstić information content (AvgIpc) is 3.22. The lowest BCUT2D eigenvalue weighted by atomic mass is 10.0. The topological polar surface area (TPSA) is 48.9 Å². The number of piperidine rings is 1. The van der Waals surface area contributed by atoms with Crippen molar-refractivity contribution in [2.45, 2.75) is 32.0 Å². The Morgan fingerprint density at radius 2 is 1.96 bits per heavy atom. The minimum absolute atomic E-state index is 0. The zero-order chi connectivity index (χ0) is 18.7. The second-order valence-corrected chi connectivity index (χ2v) is 7.64. The van der Waals surface area contributed by atoms with Gasteiger partial charge in [-0.05, 0) is 40.8 Å². The van der Waals surface area contributed by atoms with Gasteiger partial charge >= 0.3 is 0 Å². The molecule has 0 bridgehead atoms. The number of thiophene rings is 1. The Labute approximate surface area is 189 Å². The summed E-state index contributed by atoms with van der Waals surface area (Å²) in [6.07, 6.45) is 2.30. The maximum Gasteiger partial charge on any atom is 0.191 e. The van der Waals surface area contributed by atoms with Crippen LogP contribution in [0.15, 0.2) is 52.2 Å². The summed E-state index contributed by atoms with van der Waals surface area (Å²) in [5.74, 6) is 0.870. The number of likely N-dealkylation sites (tertiary alicyclic amines) is 1. The second-order valence-electron chi connectivity index (χ2n) is 6.86. The number of hydrogen-bond acceptors (Lipinski definition) is 4. The molecule has 1 aromatic carbocycles. The van der Waals surface area contributed by atoms with Crippen LogP contribution in [0.1, 0.15) is 24.0 Å². The number of rotatable bonds is 8. The third-order valence-electron chi connectivity index (χ3n) is 4.79. The number of nitrogens with zero attached hydrogens (tertiary/aromatic N) is 2. The fourth-order valence-electron chi connectivity index (χ4n) is 3.27. The molecule has 154 valence electrons. The van der Waals surface area contributed by atoms with Crippen molar-refractivity contribution in [3.05, 3.63) is 58.3 Å². The molecule has 0 aliphatic carbocycles. The summed E-state index contributed by atoms with van der Waals surface area (Å²) >= 11 is 1.78. The van der Waals surface area contributed by atoms with E-state index in [9.17, 15) is 0 Å². The van der Waals surface area contributed by atoms with Gasteiger partial charge in [0.2, 0.25) is 0 Å². The average molecular weight is 514 g/mol. The SMILES string of the molecule is CN=C(NCCOCc1ccccc1)NC1CCN(Cc2ccsc2)CC1.I. The monoisotopic (exact) mass is 514 g/mol. The predicted octanol–water partition coefficient (Wildman–Crippen LogP) is 3.71. The number of nitrogens with one attached hydrogen (secondary N) is 2. The molecule has 0 saturated carbocycles. The molecule has 1 aliphatic heterocycles. The maximum atomic E-state index is 5.72. The molecular weight excluding hydrogens is 483 g/mol. The first-order valence-electron chi connectivity index (χ1n) is 9.66. The molecule has 0 radical (unpaired) electrons. The third kappa shape index (κ3) is 8.06. The largest absolute Gasteiger partial charge is 0.375 e. The molecule has 0 spiro atoms. The van der Waals surface area contributed by atoms with Gasteiger partial charge in [-0.25, -0.2) is 0 Å². The summed E-state index contributed by atoms with van der Waals surface area (Å²) in [6, 6.07) is 13.0. The molecule has 0 amide bonds. The van der Waals surface area contributed by atoms with Crippen molar-refractivity contribution in [1.82, 2.24) is 15.5 Å². The highest BCUT2D eigenvalue weighted by Crippen LogP contribution is 2.15. The Bertz CT molecular complexity index is 673. The molecule has 1 aromatic heterocycles. The van der Waals surface area contributed by atoms with E-state index in [4.69, 9.17) is 4.74 Å². The maximum absolute atomic E-state index is 5.72. The van der Waals surface area contributed by atoms with Gasteiger partial charge in [0.25, 0.3) is 0 Å². The van der Waals surface area contributed by atoms with E-state index in [1.807, 2.05) is 25.2 Å². The molecule has 28 heavy (non-hydrogen) atoms. The van der Waals surface area contributed by atoms with Gasteiger partial charge in [0.05, 0.1) is 13.2 Å². The molecule has 0 atom stereocenters. The number of guanidine groups is 1. The highest BCUT2D eigenvalue weighted by molar-refractivity contribution is 14.0. The van der Waals surface area contributed by atoms with Crippen molar-refractivity contribution in [3.8, 4) is 0 Å². The van der Waals surface area contributed by atoms with Crippen molar-refractivity contribution < 1.29 is 4.74 Å². The predicted molar refractivity (Wildman–Crippen MR) is 129 cm³/mol. The standard InChI is InChI=1S/C21H30N4OS.HI/c1-22-21(23-10-13-26-16-18-5-3-2-4-6-18)24-20-7-11-25(12-8-20)15-19-9-14-27-17-19;/h2-6,9,14,17,20H,7-8,10-13,15-16H2,1H3,(H2,22,23,24);1H. The molecular formula is C21H31IN4OS. The first-order chi connectivity index (χ1) is 13.3. The third-order valence-corrected chi connectivity index (χ3v) is 5.52. The van der Waals surface area contributed by atoms with Crippen LogP contribution >= 0.6 is 35.3 Å². The zero-order valence-electron chi connectivity index (χ0n) is 16.5. The molecule has 0 unspecified atom stereocenters. The summed E-state index contributed by atoms with van der Waals surface area (Å²) in [7, 11) is 1.83. The van der Waals surface area contributed by atoms with Crippen LogP contribution in [0, 0.1) is 0 Å². The van der Waals surface area contributed by atoms with E-state index in [0.717, 1.165) is 45.0 Å². The van der Waals surface area contributed by atoms with Crippen molar-refractivity contribution in [1.29, 1.82) is 0 Å². The summed E-state index contributed by atoms with van der Waals surface area (Å²) in [6.45, 7) is 5.40. The Kier molecular flexibility index (Phi) is 10.8. The van der Waals surface area contributed by atoms with Gasteiger partial charge in [-0.3, -0.25) is 9.89 Å². The summed E-state index contributed by atoms with van der Waals surface area (Å²) in [5, 5.41) is 11.3. The summed E-state index contributed by atoms with van der Waals surface area (Å²) < 4.78 is 5.72. The van der Waals surface area contributed by atoms with Gasteiger partial charge in [0, 0.05) is 39.3 Å². The quantitative estimate of drug-likeness (QED) is 0.244. The van der Waals surface area contributed by atoms with Crippen LogP contribution in [-0.2, 0) is 17.9 Å². The molecule has 2 N–H and O–H groups in total. The van der Waals surface area contributed by atoms with E-state index in [1.165, 1.54) is 11.1 Å². The Balaban J connectivity index is 0.00000280. The van der Waals surface area contributed by atoms with Crippen LogP contribution in [0.4, 0.5) is 0 Å².